The maximum atomic E-state index is 12.8. The summed E-state index contributed by atoms with van der Waals surface area (Å²) in [6.45, 7) is 0.199. The van der Waals surface area contributed by atoms with Crippen molar-refractivity contribution in [2.24, 2.45) is 0 Å². The summed E-state index contributed by atoms with van der Waals surface area (Å²) in [5.41, 5.74) is 2.39. The average Bonchev–Trinajstić information content (AvgIpc) is 3.16. The molecular formula is C22H19N3O3S. The lowest BCUT2D eigenvalue weighted by atomic mass is 10.1. The van der Waals surface area contributed by atoms with E-state index in [0.717, 1.165) is 21.6 Å². The molecule has 4 aromatic rings. The minimum atomic E-state index is -0.470. The SMILES string of the molecule is O=C(NCc1cccc(CO)c1)c1cnc2sc(Cc3ccccc3)cn2c1=O. The molecule has 0 saturated heterocycles. The number of benzene rings is 2. The van der Waals surface area contributed by atoms with Gasteiger partial charge in [-0.25, -0.2) is 4.98 Å². The van der Waals surface area contributed by atoms with E-state index in [1.807, 2.05) is 48.5 Å². The summed E-state index contributed by atoms with van der Waals surface area (Å²) in [5.74, 6) is -0.470. The Morgan fingerprint density at radius 3 is 2.62 bits per heavy atom. The third kappa shape index (κ3) is 4.26. The Bertz CT molecular complexity index is 1210. The largest absolute Gasteiger partial charge is 0.392 e. The minimum absolute atomic E-state index is 0.00451. The summed E-state index contributed by atoms with van der Waals surface area (Å²) in [4.78, 5) is 31.2. The van der Waals surface area contributed by atoms with E-state index in [4.69, 9.17) is 0 Å². The molecule has 0 atom stereocenters. The maximum Gasteiger partial charge on any atom is 0.271 e. The molecule has 29 heavy (non-hydrogen) atoms. The van der Waals surface area contributed by atoms with E-state index < -0.39 is 5.91 Å². The molecular weight excluding hydrogens is 386 g/mol. The number of nitrogens with zero attached hydrogens (tertiary/aromatic N) is 2. The van der Waals surface area contributed by atoms with E-state index in [2.05, 4.69) is 10.3 Å². The number of aromatic nitrogens is 2. The fourth-order valence-corrected chi connectivity index (χ4v) is 4.05. The van der Waals surface area contributed by atoms with Crippen LogP contribution in [0.25, 0.3) is 4.96 Å². The number of aliphatic hydroxyl groups excluding tert-OH is 1. The fourth-order valence-electron chi connectivity index (χ4n) is 3.08. The topological polar surface area (TPSA) is 83.7 Å². The highest BCUT2D eigenvalue weighted by molar-refractivity contribution is 7.17. The summed E-state index contributed by atoms with van der Waals surface area (Å²) in [6, 6.07) is 17.3. The highest BCUT2D eigenvalue weighted by Crippen LogP contribution is 2.18. The first-order chi connectivity index (χ1) is 14.1. The van der Waals surface area contributed by atoms with Gasteiger partial charge in [0.1, 0.15) is 5.56 Å². The van der Waals surface area contributed by atoms with Crippen LogP contribution in [-0.4, -0.2) is 20.4 Å². The van der Waals surface area contributed by atoms with E-state index >= 15 is 0 Å². The normalized spacial score (nSPS) is 10.9. The van der Waals surface area contributed by atoms with Crippen molar-refractivity contribution in [1.29, 1.82) is 0 Å². The van der Waals surface area contributed by atoms with E-state index in [0.29, 0.717) is 11.4 Å². The number of carbonyl (C=O) groups is 1. The number of aliphatic hydroxyl groups is 1. The van der Waals surface area contributed by atoms with Crippen molar-refractivity contribution in [3.05, 3.63) is 104 Å². The van der Waals surface area contributed by atoms with Crippen LogP contribution in [0.4, 0.5) is 0 Å². The second-order valence-corrected chi connectivity index (χ2v) is 7.74. The van der Waals surface area contributed by atoms with E-state index in [1.54, 1.807) is 12.3 Å². The van der Waals surface area contributed by atoms with Crippen LogP contribution in [0.3, 0.4) is 0 Å². The number of amides is 1. The Morgan fingerprint density at radius 2 is 1.83 bits per heavy atom. The van der Waals surface area contributed by atoms with Gasteiger partial charge >= 0.3 is 0 Å². The Hall–Kier alpha value is -3.29. The van der Waals surface area contributed by atoms with Crippen molar-refractivity contribution >= 4 is 22.2 Å². The molecule has 1 amide bonds. The van der Waals surface area contributed by atoms with Crippen LogP contribution in [0.2, 0.25) is 0 Å². The van der Waals surface area contributed by atoms with Gasteiger partial charge in [-0.2, -0.15) is 0 Å². The van der Waals surface area contributed by atoms with Gasteiger partial charge in [-0.3, -0.25) is 14.0 Å². The van der Waals surface area contributed by atoms with Gasteiger partial charge in [0, 0.05) is 30.2 Å². The lowest BCUT2D eigenvalue weighted by molar-refractivity contribution is 0.0949. The Labute approximate surface area is 171 Å². The first-order valence-corrected chi connectivity index (χ1v) is 9.96. The van der Waals surface area contributed by atoms with E-state index in [9.17, 15) is 14.7 Å². The molecule has 0 unspecified atom stereocenters. The van der Waals surface area contributed by atoms with Gasteiger partial charge in [0.25, 0.3) is 11.5 Å². The molecule has 0 aliphatic rings. The summed E-state index contributed by atoms with van der Waals surface area (Å²) < 4.78 is 1.43. The van der Waals surface area contributed by atoms with Gasteiger partial charge in [-0.15, -0.1) is 11.3 Å². The minimum Gasteiger partial charge on any atom is -0.392 e. The van der Waals surface area contributed by atoms with Crippen molar-refractivity contribution in [2.75, 3.05) is 0 Å². The molecule has 0 fully saturated rings. The molecule has 2 N–H and O–H groups in total. The fraction of sp³-hybridized carbons (Fsp3) is 0.136. The predicted molar refractivity (Wildman–Crippen MR) is 112 cm³/mol. The summed E-state index contributed by atoms with van der Waals surface area (Å²) in [6.07, 6.45) is 3.79. The highest BCUT2D eigenvalue weighted by atomic mass is 32.1. The van der Waals surface area contributed by atoms with Crippen molar-refractivity contribution in [1.82, 2.24) is 14.7 Å². The Balaban J connectivity index is 1.53. The number of hydrogen-bond donors (Lipinski definition) is 2. The molecule has 0 bridgehead atoms. The molecule has 146 valence electrons. The standard InChI is InChI=1S/C22H19N3O3S/c26-14-17-8-4-7-16(9-17)11-23-20(27)19-12-24-22-25(21(19)28)13-18(29-22)10-15-5-2-1-3-6-15/h1-9,12-13,26H,10-11,14H2,(H,23,27). The molecule has 0 aliphatic heterocycles. The molecule has 7 heteroatoms. The van der Waals surface area contributed by atoms with Crippen LogP contribution in [0, 0.1) is 0 Å². The second kappa shape index (κ2) is 8.38. The van der Waals surface area contributed by atoms with Crippen LogP contribution >= 0.6 is 11.3 Å². The summed E-state index contributed by atoms with van der Waals surface area (Å²) in [7, 11) is 0. The zero-order valence-electron chi connectivity index (χ0n) is 15.5. The zero-order chi connectivity index (χ0) is 20.2. The van der Waals surface area contributed by atoms with Crippen LogP contribution in [-0.2, 0) is 19.6 Å². The number of carbonyl (C=O) groups excluding carboxylic acids is 1. The number of nitrogens with one attached hydrogen (secondary N) is 1. The molecule has 0 saturated carbocycles. The van der Waals surface area contributed by atoms with Crippen molar-refractivity contribution < 1.29 is 9.90 Å². The van der Waals surface area contributed by atoms with Gasteiger partial charge in [0.2, 0.25) is 0 Å². The Morgan fingerprint density at radius 1 is 1.07 bits per heavy atom. The lowest BCUT2D eigenvalue weighted by Gasteiger charge is -2.06. The summed E-state index contributed by atoms with van der Waals surface area (Å²) >= 11 is 1.44. The highest BCUT2D eigenvalue weighted by Gasteiger charge is 2.15. The van der Waals surface area contributed by atoms with Crippen molar-refractivity contribution in [2.45, 2.75) is 19.6 Å². The molecule has 6 nitrogen and oxygen atoms in total. The summed E-state index contributed by atoms with van der Waals surface area (Å²) in [5, 5.41) is 12.0. The third-order valence-corrected chi connectivity index (χ3v) is 5.54. The number of fused-ring (bicyclic) bond motifs is 1. The lowest BCUT2D eigenvalue weighted by Crippen LogP contribution is -2.30. The smallest absolute Gasteiger partial charge is 0.271 e. The van der Waals surface area contributed by atoms with Crippen LogP contribution in [0.1, 0.15) is 31.9 Å². The zero-order valence-corrected chi connectivity index (χ0v) is 16.4. The molecule has 0 radical (unpaired) electrons. The maximum absolute atomic E-state index is 12.8. The number of thiazole rings is 1. The van der Waals surface area contributed by atoms with Gasteiger partial charge in [0.05, 0.1) is 6.61 Å². The molecule has 2 aromatic carbocycles. The van der Waals surface area contributed by atoms with Crippen LogP contribution < -0.4 is 10.9 Å². The second-order valence-electron chi connectivity index (χ2n) is 6.65. The van der Waals surface area contributed by atoms with Crippen LogP contribution in [0.5, 0.6) is 0 Å². The molecule has 2 aromatic heterocycles. The molecule has 2 heterocycles. The first-order valence-electron chi connectivity index (χ1n) is 9.15. The average molecular weight is 405 g/mol. The van der Waals surface area contributed by atoms with E-state index in [1.165, 1.54) is 21.9 Å². The van der Waals surface area contributed by atoms with Crippen LogP contribution in [0.15, 0.2) is 71.8 Å². The van der Waals surface area contributed by atoms with Gasteiger partial charge in [0.15, 0.2) is 4.96 Å². The quantitative estimate of drug-likeness (QED) is 0.517. The monoisotopic (exact) mass is 405 g/mol. The number of hydrogen-bond acceptors (Lipinski definition) is 5. The third-order valence-electron chi connectivity index (χ3n) is 4.55. The predicted octanol–water partition coefficient (Wildman–Crippen LogP) is 2.77. The number of rotatable bonds is 6. The van der Waals surface area contributed by atoms with Crippen molar-refractivity contribution in [3.8, 4) is 0 Å². The molecule has 0 aliphatic carbocycles. The van der Waals surface area contributed by atoms with Gasteiger partial charge < -0.3 is 10.4 Å². The first kappa shape index (κ1) is 19.0. The molecule has 0 spiro atoms. The van der Waals surface area contributed by atoms with Gasteiger partial charge in [-0.05, 0) is 16.7 Å². The Kier molecular flexibility index (Phi) is 5.50. The van der Waals surface area contributed by atoms with Crippen molar-refractivity contribution in [3.63, 3.8) is 0 Å². The van der Waals surface area contributed by atoms with E-state index in [-0.39, 0.29) is 24.3 Å². The molecule has 4 rings (SSSR count). The van der Waals surface area contributed by atoms with Gasteiger partial charge in [-0.1, -0.05) is 54.6 Å².